The molecule has 2 aromatic heterocycles. The topological polar surface area (TPSA) is 50.1 Å². The van der Waals surface area contributed by atoms with Gasteiger partial charge < -0.3 is 4.90 Å². The zero-order valence-corrected chi connectivity index (χ0v) is 21.8. The van der Waals surface area contributed by atoms with Crippen molar-refractivity contribution < 1.29 is 13.2 Å². The molecule has 10 heteroatoms. The second kappa shape index (κ2) is 8.95. The van der Waals surface area contributed by atoms with Gasteiger partial charge in [0.05, 0.1) is 18.7 Å². The number of hydrogen-bond acceptors (Lipinski definition) is 5. The Labute approximate surface area is 224 Å². The van der Waals surface area contributed by atoms with Gasteiger partial charge in [0.2, 0.25) is 0 Å². The van der Waals surface area contributed by atoms with Crippen molar-refractivity contribution in [2.75, 3.05) is 18.0 Å². The highest BCUT2D eigenvalue weighted by atomic mass is 35.5. The van der Waals surface area contributed by atoms with Crippen molar-refractivity contribution in [3.63, 3.8) is 0 Å². The number of alkyl halides is 3. The largest absolute Gasteiger partial charge is 0.393 e. The minimum Gasteiger partial charge on any atom is -0.355 e. The van der Waals surface area contributed by atoms with Gasteiger partial charge in [0.1, 0.15) is 11.6 Å². The fourth-order valence-electron chi connectivity index (χ4n) is 7.25. The van der Waals surface area contributed by atoms with Crippen LogP contribution in [-0.4, -0.2) is 50.0 Å². The first-order valence-corrected chi connectivity index (χ1v) is 13.9. The average molecular weight is 543 g/mol. The van der Waals surface area contributed by atoms with Crippen LogP contribution in [0.25, 0.3) is 5.69 Å². The van der Waals surface area contributed by atoms with Crippen LogP contribution in [-0.2, 0) is 19.5 Å². The third-order valence-electron chi connectivity index (χ3n) is 8.93. The lowest BCUT2D eigenvalue weighted by Gasteiger charge is -2.59. The quantitative estimate of drug-likeness (QED) is 0.401. The van der Waals surface area contributed by atoms with Crippen LogP contribution >= 0.6 is 11.6 Å². The van der Waals surface area contributed by atoms with Gasteiger partial charge in [-0.15, -0.1) is 10.2 Å². The average Bonchev–Trinajstić information content (AvgIpc) is 3.45. The van der Waals surface area contributed by atoms with E-state index in [9.17, 15) is 13.2 Å². The molecule has 0 bridgehead atoms. The molecule has 3 fully saturated rings. The van der Waals surface area contributed by atoms with Gasteiger partial charge in [-0.2, -0.15) is 13.2 Å². The van der Waals surface area contributed by atoms with E-state index >= 15 is 0 Å². The Morgan fingerprint density at radius 3 is 2.58 bits per heavy atom. The molecule has 7 rings (SSSR count). The van der Waals surface area contributed by atoms with Gasteiger partial charge >= 0.3 is 6.18 Å². The molecule has 2 aliphatic heterocycles. The predicted octanol–water partition coefficient (Wildman–Crippen LogP) is 6.06. The van der Waals surface area contributed by atoms with Crippen molar-refractivity contribution in [3.8, 4) is 5.69 Å². The second-order valence-corrected chi connectivity index (χ2v) is 12.1. The third-order valence-corrected chi connectivity index (χ3v) is 9.17. The van der Waals surface area contributed by atoms with Crippen LogP contribution < -0.4 is 4.90 Å². The normalized spacial score (nSPS) is 21.6. The predicted molar refractivity (Wildman–Crippen MR) is 138 cm³/mol. The van der Waals surface area contributed by atoms with Crippen LogP contribution in [0.1, 0.15) is 67.2 Å². The number of hydrogen-bond donors (Lipinski definition) is 0. The van der Waals surface area contributed by atoms with Crippen LogP contribution in [0, 0.1) is 5.41 Å². The van der Waals surface area contributed by atoms with E-state index in [2.05, 4.69) is 31.7 Å². The lowest BCUT2D eigenvalue weighted by molar-refractivity contribution is -0.127. The molecule has 1 spiro atoms. The lowest BCUT2D eigenvalue weighted by Crippen LogP contribution is -2.62. The Morgan fingerprint density at radius 1 is 1.03 bits per heavy atom. The molecule has 38 heavy (non-hydrogen) atoms. The van der Waals surface area contributed by atoms with E-state index in [1.165, 1.54) is 37.3 Å². The van der Waals surface area contributed by atoms with Gasteiger partial charge in [-0.05, 0) is 55.5 Å². The Bertz CT molecular complexity index is 1350. The SMILES string of the molecule is FC(F)(F)Cc1cccnc1N1CC2(CC(c3nnc4n3-c3ccc(Cl)cc3CN(C3CCCC3)C4)C2)C1. The minimum absolute atomic E-state index is 0.105. The maximum atomic E-state index is 13.1. The smallest absolute Gasteiger partial charge is 0.355 e. The summed E-state index contributed by atoms with van der Waals surface area (Å²) < 4.78 is 41.5. The summed E-state index contributed by atoms with van der Waals surface area (Å²) in [7, 11) is 0. The fraction of sp³-hybridized carbons (Fsp3) is 0.536. The molecular weight excluding hydrogens is 513 g/mol. The fourth-order valence-corrected chi connectivity index (χ4v) is 7.45. The van der Waals surface area contributed by atoms with E-state index in [0.29, 0.717) is 11.9 Å². The molecule has 6 nitrogen and oxygen atoms in total. The number of anilines is 1. The summed E-state index contributed by atoms with van der Waals surface area (Å²) >= 11 is 6.42. The molecule has 3 aromatic rings. The molecular formula is C28H30ClF3N6. The van der Waals surface area contributed by atoms with Crippen molar-refractivity contribution in [1.82, 2.24) is 24.6 Å². The first-order chi connectivity index (χ1) is 18.3. The zero-order valence-electron chi connectivity index (χ0n) is 21.1. The second-order valence-electron chi connectivity index (χ2n) is 11.7. The highest BCUT2D eigenvalue weighted by Gasteiger charge is 2.55. The van der Waals surface area contributed by atoms with Crippen molar-refractivity contribution in [2.24, 2.45) is 5.41 Å². The van der Waals surface area contributed by atoms with E-state index in [4.69, 9.17) is 16.7 Å². The molecule has 0 radical (unpaired) electrons. The standard InChI is InChI=1S/C28H30ClF3N6/c29-21-7-8-23-19(10-21)14-36(22-5-1-2-6-22)15-24-34-35-26(38(23)24)20-11-27(12-20)16-37(17-27)25-18(4-3-9-33-25)13-28(30,31)32/h3-4,7-10,20,22H,1-2,5-6,11-17H2. The Morgan fingerprint density at radius 2 is 1.82 bits per heavy atom. The minimum atomic E-state index is -4.25. The number of benzene rings is 1. The van der Waals surface area contributed by atoms with Crippen molar-refractivity contribution in [3.05, 3.63) is 64.3 Å². The molecule has 0 N–H and O–H groups in total. The monoisotopic (exact) mass is 542 g/mol. The van der Waals surface area contributed by atoms with Gasteiger partial charge in [0.25, 0.3) is 0 Å². The van der Waals surface area contributed by atoms with E-state index in [1.54, 1.807) is 12.3 Å². The van der Waals surface area contributed by atoms with Crippen LogP contribution in [0.5, 0.6) is 0 Å². The highest BCUT2D eigenvalue weighted by Crippen LogP contribution is 2.57. The van der Waals surface area contributed by atoms with E-state index in [0.717, 1.165) is 61.4 Å². The van der Waals surface area contributed by atoms with Crippen molar-refractivity contribution in [1.29, 1.82) is 0 Å². The Balaban J connectivity index is 1.11. The van der Waals surface area contributed by atoms with Gasteiger partial charge in [-0.25, -0.2) is 4.98 Å². The highest BCUT2D eigenvalue weighted by molar-refractivity contribution is 6.30. The Kier molecular flexibility index (Phi) is 5.74. The number of nitrogens with zero attached hydrogens (tertiary/aromatic N) is 6. The van der Waals surface area contributed by atoms with Gasteiger partial charge in [0.15, 0.2) is 5.82 Å². The van der Waals surface area contributed by atoms with Gasteiger partial charge in [-0.3, -0.25) is 9.47 Å². The van der Waals surface area contributed by atoms with E-state index in [-0.39, 0.29) is 16.9 Å². The molecule has 0 unspecified atom stereocenters. The number of pyridine rings is 1. The number of halogens is 4. The molecule has 4 aliphatic rings. The number of rotatable bonds is 4. The maximum Gasteiger partial charge on any atom is 0.393 e. The molecule has 2 saturated carbocycles. The van der Waals surface area contributed by atoms with Crippen molar-refractivity contribution in [2.45, 2.75) is 76.2 Å². The molecule has 0 amide bonds. The van der Waals surface area contributed by atoms with Crippen LogP contribution in [0.15, 0.2) is 36.5 Å². The summed E-state index contributed by atoms with van der Waals surface area (Å²) in [4.78, 5) is 8.84. The summed E-state index contributed by atoms with van der Waals surface area (Å²) in [5.74, 6) is 2.72. The van der Waals surface area contributed by atoms with Crippen LogP contribution in [0.2, 0.25) is 5.02 Å². The molecule has 1 saturated heterocycles. The molecule has 4 heterocycles. The van der Waals surface area contributed by atoms with E-state index in [1.807, 2.05) is 11.0 Å². The molecule has 200 valence electrons. The lowest BCUT2D eigenvalue weighted by atomic mass is 9.57. The number of aromatic nitrogens is 4. The van der Waals surface area contributed by atoms with Gasteiger partial charge in [0, 0.05) is 53.8 Å². The van der Waals surface area contributed by atoms with Gasteiger partial charge in [-0.1, -0.05) is 30.5 Å². The zero-order chi connectivity index (χ0) is 26.1. The number of fused-ring (bicyclic) bond motifs is 3. The summed E-state index contributed by atoms with van der Waals surface area (Å²) in [5.41, 5.74) is 2.68. The summed E-state index contributed by atoms with van der Waals surface area (Å²) in [5, 5.41) is 10.1. The van der Waals surface area contributed by atoms with Crippen LogP contribution in [0.4, 0.5) is 19.0 Å². The third kappa shape index (κ3) is 4.28. The van der Waals surface area contributed by atoms with Crippen LogP contribution in [0.3, 0.4) is 0 Å². The Hall–Kier alpha value is -2.65. The van der Waals surface area contributed by atoms with E-state index < -0.39 is 12.6 Å². The molecule has 2 aliphatic carbocycles. The first kappa shape index (κ1) is 24.4. The molecule has 1 aromatic carbocycles. The summed E-state index contributed by atoms with van der Waals surface area (Å²) in [6, 6.07) is 9.79. The van der Waals surface area contributed by atoms with Crippen molar-refractivity contribution >= 4 is 17.4 Å². The summed E-state index contributed by atoms with van der Waals surface area (Å²) in [6.07, 6.45) is 3.29. The maximum absolute atomic E-state index is 13.1. The first-order valence-electron chi connectivity index (χ1n) is 13.5. The molecule has 0 atom stereocenters. The summed E-state index contributed by atoms with van der Waals surface area (Å²) in [6.45, 7) is 3.09.